The van der Waals surface area contributed by atoms with Crippen LogP contribution in [0.1, 0.15) is 0 Å². The van der Waals surface area contributed by atoms with Crippen molar-refractivity contribution in [1.82, 2.24) is 9.55 Å². The molecule has 0 saturated carbocycles. The zero-order valence-corrected chi connectivity index (χ0v) is 12.5. The van der Waals surface area contributed by atoms with Crippen molar-refractivity contribution in [1.29, 1.82) is 0 Å². The molecule has 0 spiro atoms. The van der Waals surface area contributed by atoms with E-state index in [-0.39, 0.29) is 0 Å². The summed E-state index contributed by atoms with van der Waals surface area (Å²) in [5, 5.41) is 0. The average Bonchev–Trinajstić information content (AvgIpc) is 2.81. The van der Waals surface area contributed by atoms with Gasteiger partial charge in [0.05, 0.1) is 11.0 Å². The summed E-state index contributed by atoms with van der Waals surface area (Å²) in [6.45, 7) is 0. The van der Waals surface area contributed by atoms with Gasteiger partial charge < -0.3 is 0 Å². The third-order valence-corrected chi connectivity index (χ3v) is 2.49. The summed E-state index contributed by atoms with van der Waals surface area (Å²) in [5.41, 5.74) is 3.32. The van der Waals surface area contributed by atoms with Gasteiger partial charge in [0.1, 0.15) is 6.33 Å². The fraction of sp³-hybridized carbons (Fsp3) is 0. The van der Waals surface area contributed by atoms with E-state index < -0.39 is 8.26 Å². The van der Waals surface area contributed by atoms with E-state index in [4.69, 9.17) is 8.42 Å². The van der Waals surface area contributed by atoms with E-state index in [1.54, 1.807) is 0 Å². The van der Waals surface area contributed by atoms with Crippen LogP contribution in [-0.4, -0.2) is 18.0 Å². The highest BCUT2D eigenvalue weighted by atomic mass is 36.0. The van der Waals surface area contributed by atoms with Gasteiger partial charge in [0.15, 0.2) is 0 Å². The van der Waals surface area contributed by atoms with Crippen LogP contribution in [0.5, 0.6) is 0 Å². The molecule has 0 atom stereocenters. The Labute approximate surface area is 125 Å². The molecule has 0 fully saturated rings. The number of rotatable bonds is 1. The Hall–Kier alpha value is -1.56. The maximum absolute atomic E-state index is 9.16. The van der Waals surface area contributed by atoms with Gasteiger partial charge in [-0.1, -0.05) is 30.3 Å². The SMILES string of the molecule is O=S(=O)(Cl)Cl.c1ccc(-n2cnc3ccccc32)cc1. The monoisotopic (exact) mass is 328 g/mol. The molecule has 0 radical (unpaired) electrons. The van der Waals surface area contributed by atoms with Gasteiger partial charge in [-0.2, -0.15) is 8.42 Å². The lowest BCUT2D eigenvalue weighted by molar-refractivity contribution is 0.621. The Bertz CT molecular complexity index is 793. The third-order valence-electron chi connectivity index (χ3n) is 2.49. The Kier molecular flexibility index (Phi) is 4.65. The van der Waals surface area contributed by atoms with E-state index >= 15 is 0 Å². The fourth-order valence-corrected chi connectivity index (χ4v) is 1.75. The number of hydrogen-bond acceptors (Lipinski definition) is 3. The molecule has 0 N–H and O–H groups in total. The van der Waals surface area contributed by atoms with Gasteiger partial charge in [-0.25, -0.2) is 4.98 Å². The van der Waals surface area contributed by atoms with Crippen molar-refractivity contribution < 1.29 is 8.42 Å². The zero-order valence-electron chi connectivity index (χ0n) is 10.1. The van der Waals surface area contributed by atoms with Crippen molar-refractivity contribution in [3.63, 3.8) is 0 Å². The largest absolute Gasteiger partial charge is 0.317 e. The molecule has 3 rings (SSSR count). The molecule has 7 heteroatoms. The first-order chi connectivity index (χ1) is 9.45. The fourth-order valence-electron chi connectivity index (χ4n) is 1.75. The van der Waals surface area contributed by atoms with Gasteiger partial charge >= 0.3 is 8.26 Å². The van der Waals surface area contributed by atoms with E-state index in [9.17, 15) is 0 Å². The first kappa shape index (κ1) is 14.8. The molecular formula is C13H10Cl2N2O2S. The highest BCUT2D eigenvalue weighted by Gasteiger charge is 2.01. The molecule has 2 aromatic carbocycles. The quantitative estimate of drug-likeness (QED) is 0.639. The van der Waals surface area contributed by atoms with E-state index in [1.807, 2.05) is 42.7 Å². The number of hydrogen-bond donors (Lipinski definition) is 0. The van der Waals surface area contributed by atoms with Gasteiger partial charge in [0.25, 0.3) is 0 Å². The van der Waals surface area contributed by atoms with E-state index in [1.165, 1.54) is 0 Å². The number of aromatic nitrogens is 2. The normalized spacial score (nSPS) is 10.9. The molecule has 4 nitrogen and oxygen atoms in total. The molecule has 20 heavy (non-hydrogen) atoms. The van der Waals surface area contributed by atoms with Gasteiger partial charge in [-0.3, -0.25) is 4.57 Å². The highest BCUT2D eigenvalue weighted by Crippen LogP contribution is 2.16. The van der Waals surface area contributed by atoms with Crippen molar-refractivity contribution >= 4 is 40.7 Å². The summed E-state index contributed by atoms with van der Waals surface area (Å²) in [6, 6.07) is 18.4. The van der Waals surface area contributed by atoms with Crippen molar-refractivity contribution in [2.45, 2.75) is 0 Å². The van der Waals surface area contributed by atoms with Gasteiger partial charge in [-0.05, 0) is 24.3 Å². The minimum absolute atomic E-state index is 1.03. The Morgan fingerprint density at radius 1 is 0.900 bits per heavy atom. The van der Waals surface area contributed by atoms with Crippen molar-refractivity contribution in [2.75, 3.05) is 0 Å². The zero-order chi connectivity index (χ0) is 14.6. The van der Waals surface area contributed by atoms with Crippen molar-refractivity contribution in [3.8, 4) is 5.69 Å². The van der Waals surface area contributed by atoms with E-state index in [0.717, 1.165) is 16.7 Å². The van der Waals surface area contributed by atoms with Gasteiger partial charge in [-0.15, -0.1) is 0 Å². The summed E-state index contributed by atoms with van der Waals surface area (Å²) in [5.74, 6) is 0. The lowest BCUT2D eigenvalue weighted by atomic mass is 10.3. The molecule has 1 aromatic heterocycles. The summed E-state index contributed by atoms with van der Waals surface area (Å²) >= 11 is 0. The van der Waals surface area contributed by atoms with Crippen molar-refractivity contribution in [3.05, 3.63) is 60.9 Å². The average molecular weight is 329 g/mol. The molecule has 1 heterocycles. The molecule has 0 aliphatic heterocycles. The summed E-state index contributed by atoms with van der Waals surface area (Å²) < 4.78 is 20.4. The lowest BCUT2D eigenvalue weighted by Gasteiger charge is -2.02. The summed E-state index contributed by atoms with van der Waals surface area (Å²) in [4.78, 5) is 4.36. The molecule has 0 amide bonds. The molecule has 0 saturated heterocycles. The Morgan fingerprint density at radius 3 is 2.10 bits per heavy atom. The second kappa shape index (κ2) is 6.26. The van der Waals surface area contributed by atoms with Gasteiger partial charge in [0.2, 0.25) is 0 Å². The van der Waals surface area contributed by atoms with E-state index in [2.05, 4.69) is 49.1 Å². The number of imidazole rings is 1. The van der Waals surface area contributed by atoms with Crippen LogP contribution >= 0.6 is 21.4 Å². The van der Waals surface area contributed by atoms with Crippen LogP contribution in [-0.2, 0) is 8.26 Å². The Balaban J connectivity index is 0.000000257. The summed E-state index contributed by atoms with van der Waals surface area (Å²) in [7, 11) is 4.81. The van der Waals surface area contributed by atoms with Crippen molar-refractivity contribution in [2.24, 2.45) is 0 Å². The predicted octanol–water partition coefficient (Wildman–Crippen LogP) is 3.73. The molecule has 104 valence electrons. The Morgan fingerprint density at radius 2 is 1.45 bits per heavy atom. The van der Waals surface area contributed by atoms with Crippen LogP contribution in [0.3, 0.4) is 0 Å². The molecule has 0 unspecified atom stereocenters. The molecule has 0 bridgehead atoms. The first-order valence-corrected chi connectivity index (χ1v) is 8.70. The predicted molar refractivity (Wildman–Crippen MR) is 81.7 cm³/mol. The number of fused-ring (bicyclic) bond motifs is 1. The number of benzene rings is 2. The third kappa shape index (κ3) is 4.23. The maximum Gasteiger partial charge on any atom is 0.317 e. The second-order valence-electron chi connectivity index (χ2n) is 3.82. The number of para-hydroxylation sites is 3. The van der Waals surface area contributed by atoms with Crippen LogP contribution in [0, 0.1) is 0 Å². The smallest absolute Gasteiger partial charge is 0.299 e. The number of nitrogens with zero attached hydrogens (tertiary/aromatic N) is 2. The lowest BCUT2D eigenvalue weighted by Crippen LogP contribution is -1.90. The highest BCUT2D eigenvalue weighted by molar-refractivity contribution is 8.31. The topological polar surface area (TPSA) is 52.0 Å². The molecular weight excluding hydrogens is 319 g/mol. The van der Waals surface area contributed by atoms with Crippen LogP contribution in [0.4, 0.5) is 0 Å². The van der Waals surface area contributed by atoms with Crippen LogP contribution in [0.25, 0.3) is 16.7 Å². The van der Waals surface area contributed by atoms with Crippen LogP contribution < -0.4 is 0 Å². The minimum atomic E-state index is -3.72. The first-order valence-electron chi connectivity index (χ1n) is 5.57. The standard InChI is InChI=1S/C13H10N2.Cl2O2S/c1-2-6-11(7-3-1)15-10-14-12-8-4-5-9-13(12)15;1-5(2,3)4/h1-10H;. The molecule has 0 aliphatic rings. The van der Waals surface area contributed by atoms with Crippen LogP contribution in [0.15, 0.2) is 60.9 Å². The summed E-state index contributed by atoms with van der Waals surface area (Å²) in [6.07, 6.45) is 1.86. The molecule has 3 aromatic rings. The minimum Gasteiger partial charge on any atom is -0.299 e. The molecule has 0 aliphatic carbocycles. The number of halogens is 2. The van der Waals surface area contributed by atoms with Gasteiger partial charge in [0, 0.05) is 27.1 Å². The maximum atomic E-state index is 9.16. The van der Waals surface area contributed by atoms with Crippen LogP contribution in [0.2, 0.25) is 0 Å². The second-order valence-corrected chi connectivity index (χ2v) is 7.49. The van der Waals surface area contributed by atoms with E-state index in [0.29, 0.717) is 0 Å².